The summed E-state index contributed by atoms with van der Waals surface area (Å²) in [5, 5.41) is 9.82. The number of unbranched alkanes of at least 4 members (excludes halogenated alkanes) is 6. The molecule has 98 valence electrons. The predicted molar refractivity (Wildman–Crippen MR) is 69.7 cm³/mol. The zero-order valence-electron chi connectivity index (χ0n) is 11.4. The molecule has 0 fully saturated rings. The van der Waals surface area contributed by atoms with Crippen molar-refractivity contribution in [3.8, 4) is 0 Å². The highest BCUT2D eigenvalue weighted by Crippen LogP contribution is 2.13. The van der Waals surface area contributed by atoms with E-state index in [4.69, 9.17) is 4.74 Å². The van der Waals surface area contributed by atoms with Gasteiger partial charge in [-0.3, -0.25) is 0 Å². The second-order valence-electron chi connectivity index (χ2n) is 4.66. The lowest BCUT2D eigenvalue weighted by molar-refractivity contribution is -0.0182. The molecule has 0 aliphatic carbocycles. The van der Waals surface area contributed by atoms with Crippen LogP contribution < -0.4 is 0 Å². The van der Waals surface area contributed by atoms with Crippen LogP contribution in [0.25, 0.3) is 0 Å². The Morgan fingerprint density at radius 2 is 1.50 bits per heavy atom. The van der Waals surface area contributed by atoms with Crippen LogP contribution in [0.1, 0.15) is 71.6 Å². The molecule has 0 radical (unpaired) electrons. The van der Waals surface area contributed by atoms with E-state index < -0.39 is 0 Å². The van der Waals surface area contributed by atoms with Crippen LogP contribution in [-0.4, -0.2) is 24.4 Å². The molecule has 0 aliphatic rings. The molecule has 2 unspecified atom stereocenters. The molecule has 0 bridgehead atoms. The maximum Gasteiger partial charge on any atom is 0.0827 e. The van der Waals surface area contributed by atoms with Gasteiger partial charge in [0.2, 0.25) is 0 Å². The van der Waals surface area contributed by atoms with Crippen molar-refractivity contribution in [1.82, 2.24) is 0 Å². The first-order chi connectivity index (χ1) is 7.76. The maximum absolute atomic E-state index is 9.82. The Hall–Kier alpha value is -0.0800. The smallest absolute Gasteiger partial charge is 0.0827 e. The molecule has 2 nitrogen and oxygen atoms in total. The van der Waals surface area contributed by atoms with Crippen molar-refractivity contribution in [2.24, 2.45) is 0 Å². The van der Waals surface area contributed by atoms with Crippen LogP contribution in [0.3, 0.4) is 0 Å². The lowest BCUT2D eigenvalue weighted by atomic mass is 10.0. The molecule has 1 N–H and O–H groups in total. The summed E-state index contributed by atoms with van der Waals surface area (Å²) in [7, 11) is 1.68. The SMILES string of the molecule is CCCCCCCCCC(O)C(CC)OC. The van der Waals surface area contributed by atoms with Gasteiger partial charge in [-0.1, -0.05) is 58.8 Å². The van der Waals surface area contributed by atoms with Gasteiger partial charge in [0.15, 0.2) is 0 Å². The first-order valence-corrected chi connectivity index (χ1v) is 6.97. The summed E-state index contributed by atoms with van der Waals surface area (Å²) in [4.78, 5) is 0. The van der Waals surface area contributed by atoms with Gasteiger partial charge in [0.25, 0.3) is 0 Å². The minimum absolute atomic E-state index is 0.0279. The fraction of sp³-hybridized carbons (Fsp3) is 1.00. The molecule has 0 saturated heterocycles. The van der Waals surface area contributed by atoms with Gasteiger partial charge in [-0.15, -0.1) is 0 Å². The summed E-state index contributed by atoms with van der Waals surface area (Å²) in [6, 6.07) is 0. The van der Waals surface area contributed by atoms with Crippen molar-refractivity contribution in [3.05, 3.63) is 0 Å². The standard InChI is InChI=1S/C14H30O2/c1-4-6-7-8-9-10-11-12-13(15)14(5-2)16-3/h13-15H,4-12H2,1-3H3. The Kier molecular flexibility index (Phi) is 11.3. The first kappa shape index (κ1) is 15.9. The van der Waals surface area contributed by atoms with Crippen LogP contribution in [0.15, 0.2) is 0 Å². The van der Waals surface area contributed by atoms with E-state index in [1.807, 2.05) is 0 Å². The van der Waals surface area contributed by atoms with E-state index >= 15 is 0 Å². The number of rotatable bonds is 11. The van der Waals surface area contributed by atoms with E-state index in [2.05, 4.69) is 13.8 Å². The molecule has 2 heteroatoms. The van der Waals surface area contributed by atoms with Crippen LogP contribution in [0.2, 0.25) is 0 Å². The highest BCUT2D eigenvalue weighted by Gasteiger charge is 2.15. The van der Waals surface area contributed by atoms with E-state index in [9.17, 15) is 5.11 Å². The number of ether oxygens (including phenoxy) is 1. The molecule has 0 spiro atoms. The number of hydrogen-bond acceptors (Lipinski definition) is 2. The topological polar surface area (TPSA) is 29.5 Å². The van der Waals surface area contributed by atoms with Crippen LogP contribution in [-0.2, 0) is 4.74 Å². The van der Waals surface area contributed by atoms with Crippen molar-refractivity contribution < 1.29 is 9.84 Å². The van der Waals surface area contributed by atoms with Gasteiger partial charge in [0.1, 0.15) is 0 Å². The van der Waals surface area contributed by atoms with Crippen LogP contribution >= 0.6 is 0 Å². The van der Waals surface area contributed by atoms with Gasteiger partial charge >= 0.3 is 0 Å². The fourth-order valence-electron chi connectivity index (χ4n) is 2.09. The number of hydrogen-bond donors (Lipinski definition) is 1. The van der Waals surface area contributed by atoms with E-state index in [1.54, 1.807) is 7.11 Å². The van der Waals surface area contributed by atoms with Gasteiger partial charge in [-0.05, 0) is 12.8 Å². The van der Waals surface area contributed by atoms with E-state index in [1.165, 1.54) is 38.5 Å². The number of aliphatic hydroxyl groups is 1. The van der Waals surface area contributed by atoms with Crippen LogP contribution in [0.5, 0.6) is 0 Å². The summed E-state index contributed by atoms with van der Waals surface area (Å²) in [6.07, 6.45) is 10.6. The largest absolute Gasteiger partial charge is 0.390 e. The molecule has 0 amide bonds. The monoisotopic (exact) mass is 230 g/mol. The van der Waals surface area contributed by atoms with Crippen molar-refractivity contribution in [1.29, 1.82) is 0 Å². The lowest BCUT2D eigenvalue weighted by Crippen LogP contribution is -2.27. The Bertz CT molecular complexity index is 133. The Labute approximate surface area is 101 Å². The third kappa shape index (κ3) is 8.12. The average Bonchev–Trinajstić information content (AvgIpc) is 2.29. The molecule has 0 heterocycles. The van der Waals surface area contributed by atoms with E-state index in [0.717, 1.165) is 19.3 Å². The van der Waals surface area contributed by atoms with Crippen molar-refractivity contribution >= 4 is 0 Å². The van der Waals surface area contributed by atoms with E-state index in [0.29, 0.717) is 0 Å². The molecule has 2 atom stereocenters. The van der Waals surface area contributed by atoms with Crippen LogP contribution in [0.4, 0.5) is 0 Å². The van der Waals surface area contributed by atoms with Crippen LogP contribution in [0, 0.1) is 0 Å². The predicted octanol–water partition coefficient (Wildman–Crippen LogP) is 3.91. The Morgan fingerprint density at radius 1 is 0.938 bits per heavy atom. The van der Waals surface area contributed by atoms with E-state index in [-0.39, 0.29) is 12.2 Å². The second kappa shape index (κ2) is 11.4. The molecule has 0 aromatic rings. The Balaban J connectivity index is 3.30. The maximum atomic E-state index is 9.82. The van der Waals surface area contributed by atoms with Crippen molar-refractivity contribution in [2.45, 2.75) is 83.8 Å². The summed E-state index contributed by atoms with van der Waals surface area (Å²) in [5.74, 6) is 0. The minimum Gasteiger partial charge on any atom is -0.390 e. The highest BCUT2D eigenvalue weighted by atomic mass is 16.5. The molecular weight excluding hydrogens is 200 g/mol. The summed E-state index contributed by atoms with van der Waals surface area (Å²) < 4.78 is 5.22. The van der Waals surface area contributed by atoms with Crippen molar-refractivity contribution in [2.75, 3.05) is 7.11 Å². The molecule has 0 rings (SSSR count). The number of aliphatic hydroxyl groups excluding tert-OH is 1. The average molecular weight is 230 g/mol. The fourth-order valence-corrected chi connectivity index (χ4v) is 2.09. The first-order valence-electron chi connectivity index (χ1n) is 6.97. The minimum atomic E-state index is -0.273. The third-order valence-electron chi connectivity index (χ3n) is 3.24. The summed E-state index contributed by atoms with van der Waals surface area (Å²) >= 11 is 0. The highest BCUT2D eigenvalue weighted by molar-refractivity contribution is 4.66. The second-order valence-corrected chi connectivity index (χ2v) is 4.66. The van der Waals surface area contributed by atoms with Crippen molar-refractivity contribution in [3.63, 3.8) is 0 Å². The quantitative estimate of drug-likeness (QED) is 0.545. The van der Waals surface area contributed by atoms with Gasteiger partial charge in [-0.25, -0.2) is 0 Å². The lowest BCUT2D eigenvalue weighted by Gasteiger charge is -2.19. The Morgan fingerprint density at radius 3 is 2.00 bits per heavy atom. The zero-order chi connectivity index (χ0) is 12.2. The number of methoxy groups -OCH3 is 1. The summed E-state index contributed by atoms with van der Waals surface area (Å²) in [5.41, 5.74) is 0. The third-order valence-corrected chi connectivity index (χ3v) is 3.24. The molecule has 16 heavy (non-hydrogen) atoms. The summed E-state index contributed by atoms with van der Waals surface area (Å²) in [6.45, 7) is 4.30. The van der Waals surface area contributed by atoms with Gasteiger partial charge in [-0.2, -0.15) is 0 Å². The van der Waals surface area contributed by atoms with Gasteiger partial charge < -0.3 is 9.84 Å². The van der Waals surface area contributed by atoms with Gasteiger partial charge in [0, 0.05) is 7.11 Å². The van der Waals surface area contributed by atoms with Gasteiger partial charge in [0.05, 0.1) is 12.2 Å². The molecule has 0 aliphatic heterocycles. The molecule has 0 saturated carbocycles. The molecule has 0 aromatic carbocycles. The molecule has 0 aromatic heterocycles. The normalized spacial score (nSPS) is 15.0. The zero-order valence-corrected chi connectivity index (χ0v) is 11.4. The molecular formula is C14H30O2.